The lowest BCUT2D eigenvalue weighted by molar-refractivity contribution is 0.677. The SMILES string of the molecule is c1ccc(-c2nc(-c3cc4ccccc4c4ccccc34)nc(-c3cc4ccc5ccccc5c4c4oc5c6ccccc6ccc5c34)n2)cc1. The zero-order valence-corrected chi connectivity index (χ0v) is 27.3. The molecule has 2 aromatic heterocycles. The van der Waals surface area contributed by atoms with Crippen LogP contribution < -0.4 is 0 Å². The maximum atomic E-state index is 7.01. The number of hydrogen-bond donors (Lipinski definition) is 0. The van der Waals surface area contributed by atoms with E-state index in [1.165, 1.54) is 16.2 Å². The molecule has 11 aromatic rings. The summed E-state index contributed by atoms with van der Waals surface area (Å²) >= 11 is 0. The molecule has 0 fully saturated rings. The van der Waals surface area contributed by atoms with Crippen LogP contribution in [0.5, 0.6) is 0 Å². The second kappa shape index (κ2) is 10.8. The minimum absolute atomic E-state index is 0.604. The summed E-state index contributed by atoms with van der Waals surface area (Å²) in [7, 11) is 0. The van der Waals surface area contributed by atoms with Crippen LogP contribution in [-0.4, -0.2) is 15.0 Å². The van der Waals surface area contributed by atoms with Gasteiger partial charge in [0.05, 0.1) is 0 Å². The van der Waals surface area contributed by atoms with Gasteiger partial charge in [0.2, 0.25) is 0 Å². The highest BCUT2D eigenvalue weighted by atomic mass is 16.3. The van der Waals surface area contributed by atoms with Gasteiger partial charge in [0.15, 0.2) is 17.5 Å². The molecule has 0 aliphatic carbocycles. The summed E-state index contributed by atoms with van der Waals surface area (Å²) in [5.74, 6) is 1.86. The van der Waals surface area contributed by atoms with Gasteiger partial charge in [-0.3, -0.25) is 0 Å². The summed E-state index contributed by atoms with van der Waals surface area (Å²) in [5, 5.41) is 13.3. The van der Waals surface area contributed by atoms with Crippen LogP contribution in [0.15, 0.2) is 168 Å². The van der Waals surface area contributed by atoms with Crippen LogP contribution in [0, 0.1) is 0 Å². The van der Waals surface area contributed by atoms with E-state index < -0.39 is 0 Å². The predicted molar refractivity (Wildman–Crippen MR) is 211 cm³/mol. The average molecular weight is 650 g/mol. The topological polar surface area (TPSA) is 51.8 Å². The van der Waals surface area contributed by atoms with Crippen LogP contribution in [0.1, 0.15) is 0 Å². The third-order valence-corrected chi connectivity index (χ3v) is 10.3. The Morgan fingerprint density at radius 2 is 0.863 bits per heavy atom. The van der Waals surface area contributed by atoms with Gasteiger partial charge in [0, 0.05) is 38.2 Å². The summed E-state index contributed by atoms with van der Waals surface area (Å²) in [6, 6.07) is 57.3. The maximum Gasteiger partial charge on any atom is 0.164 e. The Morgan fingerprint density at radius 1 is 0.314 bits per heavy atom. The lowest BCUT2D eigenvalue weighted by Crippen LogP contribution is -2.01. The largest absolute Gasteiger partial charge is 0.455 e. The van der Waals surface area contributed by atoms with E-state index in [-0.39, 0.29) is 0 Å². The van der Waals surface area contributed by atoms with E-state index in [4.69, 9.17) is 19.4 Å². The van der Waals surface area contributed by atoms with E-state index in [1.54, 1.807) is 0 Å². The molecule has 0 saturated carbocycles. The van der Waals surface area contributed by atoms with Gasteiger partial charge in [0.1, 0.15) is 11.2 Å². The van der Waals surface area contributed by atoms with Crippen molar-refractivity contribution in [1.82, 2.24) is 15.0 Å². The van der Waals surface area contributed by atoms with Crippen molar-refractivity contribution in [2.75, 3.05) is 0 Å². The molecule has 0 spiro atoms. The quantitative estimate of drug-likeness (QED) is 0.179. The van der Waals surface area contributed by atoms with Crippen LogP contribution in [-0.2, 0) is 0 Å². The molecule has 0 N–H and O–H groups in total. The fourth-order valence-electron chi connectivity index (χ4n) is 7.91. The third-order valence-electron chi connectivity index (χ3n) is 10.3. The molecular formula is C47H27N3O. The number of nitrogens with zero attached hydrogens (tertiary/aromatic N) is 3. The number of furan rings is 1. The molecule has 4 heteroatoms. The smallest absolute Gasteiger partial charge is 0.164 e. The van der Waals surface area contributed by atoms with E-state index in [9.17, 15) is 0 Å². The molecule has 11 rings (SSSR count). The molecule has 0 radical (unpaired) electrons. The van der Waals surface area contributed by atoms with Gasteiger partial charge in [-0.25, -0.2) is 15.0 Å². The molecule has 236 valence electrons. The van der Waals surface area contributed by atoms with Crippen molar-refractivity contribution in [2.45, 2.75) is 0 Å². The van der Waals surface area contributed by atoms with Gasteiger partial charge in [0.25, 0.3) is 0 Å². The molecule has 9 aromatic carbocycles. The molecule has 0 unspecified atom stereocenters. The molecule has 0 atom stereocenters. The van der Waals surface area contributed by atoms with Crippen LogP contribution in [0.25, 0.3) is 110 Å². The predicted octanol–water partition coefficient (Wildman–Crippen LogP) is 12.5. The van der Waals surface area contributed by atoms with Crippen LogP contribution >= 0.6 is 0 Å². The number of benzene rings is 9. The summed E-state index contributed by atoms with van der Waals surface area (Å²) < 4.78 is 7.01. The molecule has 0 aliphatic rings. The van der Waals surface area contributed by atoms with E-state index in [0.29, 0.717) is 17.5 Å². The standard InChI is InChI=1S/C47H27N3O/c1-2-14-30(15-3-1)45-48-46(39-26-31-16-6-7-17-33(31)36-20-10-11-21-37(36)39)50-47(49-45)40-27-32-23-22-28-12-4-8-18-34(28)41(32)44-42(40)38-25-24-29-13-5-9-19-35(29)43(38)51-44/h1-27H. The van der Waals surface area contributed by atoms with Crippen molar-refractivity contribution in [3.8, 4) is 34.2 Å². The van der Waals surface area contributed by atoms with Crippen LogP contribution in [0.2, 0.25) is 0 Å². The molecule has 0 saturated heterocycles. The Bertz CT molecular complexity index is 3200. The highest BCUT2D eigenvalue weighted by Gasteiger charge is 2.23. The van der Waals surface area contributed by atoms with Gasteiger partial charge in [-0.1, -0.05) is 146 Å². The Morgan fingerprint density at radius 3 is 1.67 bits per heavy atom. The summed E-state index contributed by atoms with van der Waals surface area (Å²) in [5.41, 5.74) is 4.51. The lowest BCUT2D eigenvalue weighted by atomic mass is 9.95. The molecule has 2 heterocycles. The van der Waals surface area contributed by atoms with Crippen LogP contribution in [0.4, 0.5) is 0 Å². The fourth-order valence-corrected chi connectivity index (χ4v) is 7.91. The summed E-state index contributed by atoms with van der Waals surface area (Å²) in [6.45, 7) is 0. The van der Waals surface area contributed by atoms with Crippen LogP contribution in [0.3, 0.4) is 0 Å². The van der Waals surface area contributed by atoms with Gasteiger partial charge < -0.3 is 4.42 Å². The first-order valence-electron chi connectivity index (χ1n) is 17.2. The normalized spacial score (nSPS) is 11.9. The van der Waals surface area contributed by atoms with E-state index in [2.05, 4.69) is 146 Å². The zero-order valence-electron chi connectivity index (χ0n) is 27.3. The first-order chi connectivity index (χ1) is 25.3. The monoisotopic (exact) mass is 649 g/mol. The number of rotatable bonds is 3. The average Bonchev–Trinajstić information content (AvgIpc) is 3.60. The van der Waals surface area contributed by atoms with Gasteiger partial charge in [-0.2, -0.15) is 0 Å². The van der Waals surface area contributed by atoms with Gasteiger partial charge in [-0.05, 0) is 61.3 Å². The molecular weight excluding hydrogens is 623 g/mol. The van der Waals surface area contributed by atoms with Crippen molar-refractivity contribution in [2.24, 2.45) is 0 Å². The van der Waals surface area contributed by atoms with Gasteiger partial charge >= 0.3 is 0 Å². The number of hydrogen-bond acceptors (Lipinski definition) is 4. The Kier molecular flexibility index (Phi) is 5.92. The van der Waals surface area contributed by atoms with Gasteiger partial charge in [-0.15, -0.1) is 0 Å². The summed E-state index contributed by atoms with van der Waals surface area (Å²) in [6.07, 6.45) is 0. The Hall–Kier alpha value is -6.91. The second-order valence-corrected chi connectivity index (χ2v) is 13.1. The lowest BCUT2D eigenvalue weighted by Gasteiger charge is -2.13. The maximum absolute atomic E-state index is 7.01. The molecule has 0 amide bonds. The van der Waals surface area contributed by atoms with Crippen molar-refractivity contribution in [1.29, 1.82) is 0 Å². The molecule has 51 heavy (non-hydrogen) atoms. The number of aromatic nitrogens is 3. The Balaban J connectivity index is 1.29. The molecule has 0 aliphatic heterocycles. The Labute approximate surface area is 292 Å². The van der Waals surface area contributed by atoms with E-state index in [1.807, 2.05) is 18.2 Å². The molecule has 4 nitrogen and oxygen atoms in total. The van der Waals surface area contributed by atoms with Crippen molar-refractivity contribution in [3.05, 3.63) is 164 Å². The van der Waals surface area contributed by atoms with Crippen molar-refractivity contribution in [3.63, 3.8) is 0 Å². The third kappa shape index (κ3) is 4.23. The van der Waals surface area contributed by atoms with Crippen molar-refractivity contribution < 1.29 is 4.42 Å². The second-order valence-electron chi connectivity index (χ2n) is 13.1. The first kappa shape index (κ1) is 28.0. The van der Waals surface area contributed by atoms with E-state index in [0.717, 1.165) is 76.3 Å². The highest BCUT2D eigenvalue weighted by molar-refractivity contribution is 6.29. The highest BCUT2D eigenvalue weighted by Crippen LogP contribution is 2.45. The first-order valence-corrected chi connectivity index (χ1v) is 17.2. The molecule has 0 bridgehead atoms. The minimum Gasteiger partial charge on any atom is -0.455 e. The number of fused-ring (bicyclic) bond motifs is 12. The summed E-state index contributed by atoms with van der Waals surface area (Å²) in [4.78, 5) is 15.8. The van der Waals surface area contributed by atoms with E-state index >= 15 is 0 Å². The van der Waals surface area contributed by atoms with Crippen molar-refractivity contribution >= 4 is 75.8 Å². The minimum atomic E-state index is 0.604. The fraction of sp³-hybridized carbons (Fsp3) is 0. The zero-order chi connectivity index (χ0) is 33.5.